The first kappa shape index (κ1) is 24.0. The Morgan fingerprint density at radius 2 is 1.94 bits per heavy atom. The van der Waals surface area contributed by atoms with E-state index in [2.05, 4.69) is 16.3 Å². The van der Waals surface area contributed by atoms with Gasteiger partial charge in [-0.25, -0.2) is 4.39 Å². The SMILES string of the molecule is Cn1nc(-c2ccc(F)cc2)cc1C1CN2CCC1CC2CNC(=O)CC1(CC(=O)O)CCCC1. The molecule has 4 heterocycles. The molecule has 2 N–H and O–H groups in total. The number of aliphatic carboxylic acids is 1. The lowest BCUT2D eigenvalue weighted by Crippen LogP contribution is -2.56. The lowest BCUT2D eigenvalue weighted by molar-refractivity contribution is -0.140. The van der Waals surface area contributed by atoms with Gasteiger partial charge in [-0.05, 0) is 73.9 Å². The number of nitrogens with one attached hydrogen (secondary N) is 1. The van der Waals surface area contributed by atoms with Crippen molar-refractivity contribution < 1.29 is 19.1 Å². The van der Waals surface area contributed by atoms with E-state index in [0.717, 1.165) is 62.9 Å². The van der Waals surface area contributed by atoms with Crippen LogP contribution < -0.4 is 5.32 Å². The minimum atomic E-state index is -0.806. The van der Waals surface area contributed by atoms with E-state index in [9.17, 15) is 19.1 Å². The summed E-state index contributed by atoms with van der Waals surface area (Å²) in [6.45, 7) is 2.60. The summed E-state index contributed by atoms with van der Waals surface area (Å²) in [6, 6.07) is 8.92. The van der Waals surface area contributed by atoms with Crippen LogP contribution >= 0.6 is 0 Å². The second-order valence-electron chi connectivity index (χ2n) is 10.9. The van der Waals surface area contributed by atoms with Crippen LogP contribution in [0.15, 0.2) is 30.3 Å². The van der Waals surface area contributed by atoms with Crippen molar-refractivity contribution in [2.75, 3.05) is 19.6 Å². The van der Waals surface area contributed by atoms with Crippen molar-refractivity contribution >= 4 is 11.9 Å². The molecule has 1 aromatic heterocycles. The molecule has 6 rings (SSSR count). The van der Waals surface area contributed by atoms with Gasteiger partial charge in [-0.1, -0.05) is 12.8 Å². The molecule has 1 aromatic carbocycles. The maximum Gasteiger partial charge on any atom is 0.303 e. The molecule has 2 aromatic rings. The summed E-state index contributed by atoms with van der Waals surface area (Å²) in [5.74, 6) is -0.144. The van der Waals surface area contributed by atoms with Gasteiger partial charge in [0.05, 0.1) is 12.1 Å². The smallest absolute Gasteiger partial charge is 0.303 e. The first-order valence-electron chi connectivity index (χ1n) is 12.8. The largest absolute Gasteiger partial charge is 0.481 e. The topological polar surface area (TPSA) is 87.5 Å². The summed E-state index contributed by atoms with van der Waals surface area (Å²) in [7, 11) is 1.98. The quantitative estimate of drug-likeness (QED) is 0.595. The van der Waals surface area contributed by atoms with E-state index in [-0.39, 0.29) is 23.6 Å². The number of amides is 1. The molecule has 3 aliphatic heterocycles. The van der Waals surface area contributed by atoms with Crippen LogP contribution in [0.5, 0.6) is 0 Å². The molecule has 0 spiro atoms. The van der Waals surface area contributed by atoms with Gasteiger partial charge in [-0.2, -0.15) is 5.10 Å². The fraction of sp³-hybridized carbons (Fsp3) is 0.593. The average molecular weight is 483 g/mol. The molecule has 4 aliphatic rings. The van der Waals surface area contributed by atoms with E-state index in [1.165, 1.54) is 17.8 Å². The van der Waals surface area contributed by atoms with Gasteiger partial charge < -0.3 is 10.4 Å². The Morgan fingerprint density at radius 1 is 1.20 bits per heavy atom. The summed E-state index contributed by atoms with van der Waals surface area (Å²) in [5.41, 5.74) is 2.62. The van der Waals surface area contributed by atoms with Crippen molar-refractivity contribution in [2.24, 2.45) is 18.4 Å². The Kier molecular flexibility index (Phi) is 6.66. The fourth-order valence-corrected chi connectivity index (χ4v) is 6.77. The highest BCUT2D eigenvalue weighted by Gasteiger charge is 2.42. The molecule has 1 saturated carbocycles. The number of carbonyl (C=O) groups is 2. The lowest BCUT2D eigenvalue weighted by Gasteiger charge is -2.50. The molecule has 4 atom stereocenters. The molecule has 0 radical (unpaired) electrons. The molecule has 2 bridgehead atoms. The summed E-state index contributed by atoms with van der Waals surface area (Å²) in [6.07, 6.45) is 6.25. The molecule has 4 fully saturated rings. The van der Waals surface area contributed by atoms with Gasteiger partial charge >= 0.3 is 5.97 Å². The number of aromatic nitrogens is 2. The summed E-state index contributed by atoms with van der Waals surface area (Å²) >= 11 is 0. The van der Waals surface area contributed by atoms with Gasteiger partial charge in [0.1, 0.15) is 5.82 Å². The molecule has 3 saturated heterocycles. The van der Waals surface area contributed by atoms with Gasteiger partial charge in [-0.15, -0.1) is 0 Å². The number of carboxylic acids is 1. The monoisotopic (exact) mass is 482 g/mol. The number of piperidine rings is 3. The average Bonchev–Trinajstić information content (AvgIpc) is 3.44. The van der Waals surface area contributed by atoms with E-state index in [1.807, 2.05) is 11.7 Å². The van der Waals surface area contributed by atoms with E-state index in [0.29, 0.717) is 30.8 Å². The Labute approximate surface area is 205 Å². The van der Waals surface area contributed by atoms with Crippen LogP contribution in [0.25, 0.3) is 11.3 Å². The standard InChI is InChI=1S/C27H35FN4O3/c1-31-24(13-23(30-31)18-4-6-20(28)7-5-18)22-17-32-11-8-19(22)12-21(32)16-29-25(33)14-27(15-26(34)35)9-2-3-10-27/h4-7,13,19,21-22H,2-3,8-12,14-17H2,1H3,(H,29,33)(H,34,35). The highest BCUT2D eigenvalue weighted by molar-refractivity contribution is 5.78. The zero-order valence-corrected chi connectivity index (χ0v) is 20.4. The van der Waals surface area contributed by atoms with Crippen LogP contribution in [-0.2, 0) is 16.6 Å². The molecular weight excluding hydrogens is 447 g/mol. The molecular formula is C27H35FN4O3. The summed E-state index contributed by atoms with van der Waals surface area (Å²) in [4.78, 5) is 26.6. The van der Waals surface area contributed by atoms with Gasteiger partial charge in [0, 0.05) is 49.8 Å². The number of carbonyl (C=O) groups excluding carboxylic acids is 1. The highest BCUT2D eigenvalue weighted by Crippen LogP contribution is 2.44. The van der Waals surface area contributed by atoms with E-state index >= 15 is 0 Å². The van der Waals surface area contributed by atoms with Crippen molar-refractivity contribution in [1.29, 1.82) is 0 Å². The third-order valence-corrected chi connectivity index (χ3v) is 8.58. The Bertz CT molecular complexity index is 1080. The van der Waals surface area contributed by atoms with Crippen molar-refractivity contribution in [3.05, 3.63) is 41.8 Å². The number of halogens is 1. The number of nitrogens with zero attached hydrogens (tertiary/aromatic N) is 3. The second-order valence-corrected chi connectivity index (χ2v) is 10.9. The fourth-order valence-electron chi connectivity index (χ4n) is 6.77. The third-order valence-electron chi connectivity index (χ3n) is 8.58. The number of hydrogen-bond donors (Lipinski definition) is 2. The molecule has 8 heteroatoms. The van der Waals surface area contributed by atoms with E-state index in [4.69, 9.17) is 5.10 Å². The zero-order chi connectivity index (χ0) is 24.6. The lowest BCUT2D eigenvalue weighted by atomic mass is 9.74. The number of fused-ring (bicyclic) bond motifs is 3. The van der Waals surface area contributed by atoms with Crippen LogP contribution in [0, 0.1) is 17.2 Å². The molecule has 1 amide bonds. The van der Waals surface area contributed by atoms with Crippen LogP contribution in [0.3, 0.4) is 0 Å². The van der Waals surface area contributed by atoms with E-state index < -0.39 is 5.97 Å². The van der Waals surface area contributed by atoms with Crippen molar-refractivity contribution in [3.63, 3.8) is 0 Å². The summed E-state index contributed by atoms with van der Waals surface area (Å²) < 4.78 is 15.3. The van der Waals surface area contributed by atoms with Gasteiger partial charge in [0.15, 0.2) is 0 Å². The van der Waals surface area contributed by atoms with Crippen molar-refractivity contribution in [1.82, 2.24) is 20.0 Å². The number of hydrogen-bond acceptors (Lipinski definition) is 4. The number of benzene rings is 1. The van der Waals surface area contributed by atoms with Gasteiger partial charge in [0.25, 0.3) is 0 Å². The van der Waals surface area contributed by atoms with E-state index in [1.54, 1.807) is 12.1 Å². The van der Waals surface area contributed by atoms with Crippen molar-refractivity contribution in [2.45, 2.75) is 63.3 Å². The molecule has 4 unspecified atom stereocenters. The molecule has 1 aliphatic carbocycles. The second kappa shape index (κ2) is 9.72. The predicted molar refractivity (Wildman–Crippen MR) is 130 cm³/mol. The van der Waals surface area contributed by atoms with Crippen LogP contribution in [0.1, 0.15) is 63.0 Å². The number of carboxylic acid groups (broad SMARTS) is 1. The minimum Gasteiger partial charge on any atom is -0.481 e. The van der Waals surface area contributed by atoms with Gasteiger partial charge in [0.2, 0.25) is 5.91 Å². The summed E-state index contributed by atoms with van der Waals surface area (Å²) in [5, 5.41) is 17.2. The zero-order valence-electron chi connectivity index (χ0n) is 20.4. The number of rotatable bonds is 8. The Hall–Kier alpha value is -2.74. The number of aryl methyl sites for hydroxylation is 1. The Balaban J connectivity index is 1.19. The van der Waals surface area contributed by atoms with Crippen LogP contribution in [0.2, 0.25) is 0 Å². The first-order chi connectivity index (χ1) is 16.8. The first-order valence-corrected chi connectivity index (χ1v) is 12.8. The van der Waals surface area contributed by atoms with Gasteiger partial charge in [-0.3, -0.25) is 19.2 Å². The third kappa shape index (κ3) is 5.13. The molecule has 7 nitrogen and oxygen atoms in total. The van der Waals surface area contributed by atoms with Crippen LogP contribution in [-0.4, -0.2) is 57.3 Å². The molecule has 35 heavy (non-hydrogen) atoms. The normalized spacial score (nSPS) is 27.1. The maximum atomic E-state index is 13.3. The molecule has 188 valence electrons. The van der Waals surface area contributed by atoms with Crippen LogP contribution in [0.4, 0.5) is 4.39 Å². The minimum absolute atomic E-state index is 0.0112. The van der Waals surface area contributed by atoms with Crippen molar-refractivity contribution in [3.8, 4) is 11.3 Å². The highest BCUT2D eigenvalue weighted by atomic mass is 19.1. The maximum absolute atomic E-state index is 13.3. The predicted octanol–water partition coefficient (Wildman–Crippen LogP) is 3.95. The Morgan fingerprint density at radius 3 is 2.60 bits per heavy atom.